The van der Waals surface area contributed by atoms with Gasteiger partial charge in [-0.1, -0.05) is 46.4 Å². The Bertz CT molecular complexity index is 1310. The first-order valence-electron chi connectivity index (χ1n) is 9.97. The zero-order valence-corrected chi connectivity index (χ0v) is 22.2. The van der Waals surface area contributed by atoms with Gasteiger partial charge in [0.05, 0.1) is 29.3 Å². The normalized spacial score (nSPS) is 18.0. The number of aromatic nitrogens is 1. The zero-order valence-electron chi connectivity index (χ0n) is 17.7. The monoisotopic (exact) mass is 591 g/mol. The van der Waals surface area contributed by atoms with Crippen molar-refractivity contribution in [2.24, 2.45) is 5.92 Å². The van der Waals surface area contributed by atoms with Gasteiger partial charge >= 0.3 is 0 Å². The summed E-state index contributed by atoms with van der Waals surface area (Å²) >= 11 is 37.3. The molecule has 0 bridgehead atoms. The number of nitrogens with one attached hydrogen (secondary N) is 2. The second kappa shape index (κ2) is 10.2. The number of pyridine rings is 1. The van der Waals surface area contributed by atoms with Gasteiger partial charge in [0.15, 0.2) is 5.15 Å². The molecule has 2 aromatic carbocycles. The van der Waals surface area contributed by atoms with E-state index in [9.17, 15) is 9.59 Å². The number of amides is 2. The molecule has 35 heavy (non-hydrogen) atoms. The molecule has 12 heteroatoms. The fourth-order valence-electron chi connectivity index (χ4n) is 3.63. The number of carbonyl (C=O) groups is 2. The van der Waals surface area contributed by atoms with E-state index in [0.717, 1.165) is 0 Å². The lowest BCUT2D eigenvalue weighted by atomic mass is 10.1. The Morgan fingerprint density at radius 1 is 0.943 bits per heavy atom. The van der Waals surface area contributed by atoms with E-state index >= 15 is 0 Å². The van der Waals surface area contributed by atoms with Crippen molar-refractivity contribution in [2.75, 3.05) is 17.7 Å². The molecule has 0 spiro atoms. The van der Waals surface area contributed by atoms with Crippen molar-refractivity contribution >= 4 is 92.8 Å². The van der Waals surface area contributed by atoms with Crippen LogP contribution >= 0.6 is 69.6 Å². The van der Waals surface area contributed by atoms with Gasteiger partial charge in [-0.25, -0.2) is 0 Å². The summed E-state index contributed by atoms with van der Waals surface area (Å²) in [6.07, 6.45) is 0. The van der Waals surface area contributed by atoms with Crippen LogP contribution in [0.3, 0.4) is 0 Å². The summed E-state index contributed by atoms with van der Waals surface area (Å²) in [6, 6.07) is 12.4. The molecule has 2 atom stereocenters. The van der Waals surface area contributed by atoms with E-state index < -0.39 is 28.0 Å². The molecule has 0 aliphatic heterocycles. The molecule has 0 radical (unpaired) electrons. The van der Waals surface area contributed by atoms with Crippen LogP contribution in [0.2, 0.25) is 20.2 Å². The second-order valence-corrected chi connectivity index (χ2v) is 10.7. The van der Waals surface area contributed by atoms with Crippen molar-refractivity contribution in [3.05, 3.63) is 79.9 Å². The average Bonchev–Trinajstić information content (AvgIpc) is 3.37. The molecule has 2 amide bonds. The molecule has 1 saturated carbocycles. The first-order chi connectivity index (χ1) is 16.5. The van der Waals surface area contributed by atoms with E-state index in [1.54, 1.807) is 36.4 Å². The molecule has 4 rings (SSSR count). The maximum Gasteiger partial charge on any atom is 0.257 e. The van der Waals surface area contributed by atoms with Crippen molar-refractivity contribution in [1.82, 2.24) is 4.98 Å². The third-order valence-electron chi connectivity index (χ3n) is 5.34. The van der Waals surface area contributed by atoms with Gasteiger partial charge < -0.3 is 15.4 Å². The molecule has 1 aromatic heterocycles. The molecule has 1 heterocycles. The molecule has 3 aromatic rings. The summed E-state index contributed by atoms with van der Waals surface area (Å²) in [4.78, 5) is 29.8. The van der Waals surface area contributed by atoms with Gasteiger partial charge in [-0.2, -0.15) is 4.98 Å². The quantitative estimate of drug-likeness (QED) is 0.229. The molecule has 0 unspecified atom stereocenters. The maximum absolute atomic E-state index is 13.0. The molecule has 1 fully saturated rings. The van der Waals surface area contributed by atoms with E-state index in [1.807, 2.05) is 0 Å². The van der Waals surface area contributed by atoms with E-state index in [1.165, 1.54) is 19.2 Å². The van der Waals surface area contributed by atoms with Crippen LogP contribution in [0.1, 0.15) is 21.8 Å². The number of benzene rings is 2. The first kappa shape index (κ1) is 26.1. The van der Waals surface area contributed by atoms with Crippen molar-refractivity contribution in [2.45, 2.75) is 10.3 Å². The van der Waals surface area contributed by atoms with Crippen LogP contribution in [0.15, 0.2) is 48.5 Å². The third-order valence-corrected chi connectivity index (χ3v) is 7.33. The van der Waals surface area contributed by atoms with Gasteiger partial charge in [0.2, 0.25) is 11.8 Å². The van der Waals surface area contributed by atoms with Crippen molar-refractivity contribution < 1.29 is 14.3 Å². The third kappa shape index (κ3) is 5.58. The lowest BCUT2D eigenvalue weighted by molar-refractivity contribution is -0.117. The topological polar surface area (TPSA) is 80.3 Å². The Morgan fingerprint density at radius 3 is 2.26 bits per heavy atom. The number of alkyl halides is 2. The highest BCUT2D eigenvalue weighted by molar-refractivity contribution is 6.53. The SMILES string of the molecule is COc1ccc(NC(=O)c2cc(NC(=O)[C@@H]3[C@@H](c4cc(Cl)cc(Cl)c4)C3(Cl)Cl)ccc2Cl)c(Cl)n1. The van der Waals surface area contributed by atoms with E-state index in [0.29, 0.717) is 27.2 Å². The highest BCUT2D eigenvalue weighted by Crippen LogP contribution is 2.65. The van der Waals surface area contributed by atoms with Gasteiger partial charge in [-0.15, -0.1) is 23.2 Å². The molecular formula is C23H15Cl6N3O3. The van der Waals surface area contributed by atoms with Crippen LogP contribution in [-0.4, -0.2) is 28.2 Å². The smallest absolute Gasteiger partial charge is 0.257 e. The van der Waals surface area contributed by atoms with Crippen molar-refractivity contribution in [1.29, 1.82) is 0 Å². The number of nitrogens with zero attached hydrogens (tertiary/aromatic N) is 1. The number of ether oxygens (including phenoxy) is 1. The number of rotatable bonds is 6. The standard InChI is InChI=1S/C23H15Cl6N3O3/c1-35-17-5-4-16(20(27)32-17)31-21(33)14-9-13(2-3-15(14)26)30-22(34)19-18(23(19,28)29)10-6-11(24)8-12(25)7-10/h2-9,18-19H,1H3,(H,30,34)(H,31,33)/t18-,19+/m1/s1. The molecule has 1 aliphatic rings. The largest absolute Gasteiger partial charge is 0.481 e. The van der Waals surface area contributed by atoms with E-state index in [4.69, 9.17) is 74.3 Å². The van der Waals surface area contributed by atoms with Gasteiger partial charge in [-0.05, 0) is 48.0 Å². The number of halogens is 6. The summed E-state index contributed by atoms with van der Waals surface area (Å²) < 4.78 is 3.65. The first-order valence-corrected chi connectivity index (χ1v) is 12.2. The zero-order chi connectivity index (χ0) is 25.5. The van der Waals surface area contributed by atoms with Gasteiger partial charge in [-0.3, -0.25) is 9.59 Å². The van der Waals surface area contributed by atoms with Crippen LogP contribution in [-0.2, 0) is 4.79 Å². The Hall–Kier alpha value is -1.93. The van der Waals surface area contributed by atoms with Gasteiger partial charge in [0.1, 0.15) is 4.33 Å². The van der Waals surface area contributed by atoms with Crippen LogP contribution in [0.5, 0.6) is 5.88 Å². The number of hydrogen-bond acceptors (Lipinski definition) is 4. The van der Waals surface area contributed by atoms with Crippen LogP contribution in [0.4, 0.5) is 11.4 Å². The van der Waals surface area contributed by atoms with Crippen LogP contribution in [0, 0.1) is 5.92 Å². The summed E-state index contributed by atoms with van der Waals surface area (Å²) in [6.45, 7) is 0. The molecule has 182 valence electrons. The highest BCUT2D eigenvalue weighted by Gasteiger charge is 2.67. The Kier molecular flexibility index (Phi) is 7.62. The predicted octanol–water partition coefficient (Wildman–Crippen LogP) is 7.48. The number of carbonyl (C=O) groups excluding carboxylic acids is 2. The minimum absolute atomic E-state index is 0.0414. The lowest BCUT2D eigenvalue weighted by Gasteiger charge is -2.11. The predicted molar refractivity (Wildman–Crippen MR) is 141 cm³/mol. The maximum atomic E-state index is 13.0. The van der Waals surface area contributed by atoms with E-state index in [-0.39, 0.29) is 21.4 Å². The second-order valence-electron chi connectivity index (χ2n) is 7.66. The fourth-order valence-corrected chi connectivity index (χ4v) is 5.40. The summed E-state index contributed by atoms with van der Waals surface area (Å²) in [5, 5.41) is 6.39. The Morgan fingerprint density at radius 2 is 1.63 bits per heavy atom. The number of anilines is 2. The summed E-state index contributed by atoms with van der Waals surface area (Å²) in [7, 11) is 1.45. The average molecular weight is 594 g/mol. The minimum atomic E-state index is -1.34. The van der Waals surface area contributed by atoms with Crippen LogP contribution < -0.4 is 15.4 Å². The number of hydrogen-bond donors (Lipinski definition) is 2. The summed E-state index contributed by atoms with van der Waals surface area (Å²) in [5.74, 6) is -1.97. The fraction of sp³-hybridized carbons (Fsp3) is 0.174. The van der Waals surface area contributed by atoms with Gasteiger partial charge in [0.25, 0.3) is 5.91 Å². The minimum Gasteiger partial charge on any atom is -0.481 e. The highest BCUT2D eigenvalue weighted by atomic mass is 35.5. The van der Waals surface area contributed by atoms with Gasteiger partial charge in [0, 0.05) is 27.7 Å². The van der Waals surface area contributed by atoms with Crippen LogP contribution in [0.25, 0.3) is 0 Å². The van der Waals surface area contributed by atoms with Crippen molar-refractivity contribution in [3.8, 4) is 5.88 Å². The molecule has 0 saturated heterocycles. The lowest BCUT2D eigenvalue weighted by Crippen LogP contribution is -2.18. The molecule has 1 aliphatic carbocycles. The number of methoxy groups -OCH3 is 1. The molecular weight excluding hydrogens is 579 g/mol. The Labute approximate surface area is 230 Å². The summed E-state index contributed by atoms with van der Waals surface area (Å²) in [5.41, 5.74) is 1.34. The molecule has 2 N–H and O–H groups in total. The van der Waals surface area contributed by atoms with Crippen molar-refractivity contribution in [3.63, 3.8) is 0 Å². The van der Waals surface area contributed by atoms with E-state index in [2.05, 4.69) is 15.6 Å². The Balaban J connectivity index is 1.51. The molecule has 6 nitrogen and oxygen atoms in total.